The first-order valence-electron chi connectivity index (χ1n) is 9.58. The number of anilines is 1. The van der Waals surface area contributed by atoms with E-state index in [1.807, 2.05) is 16.8 Å². The van der Waals surface area contributed by atoms with Crippen molar-refractivity contribution in [1.29, 1.82) is 0 Å². The summed E-state index contributed by atoms with van der Waals surface area (Å²) >= 11 is 6.54. The van der Waals surface area contributed by atoms with E-state index in [-0.39, 0.29) is 24.1 Å². The zero-order valence-electron chi connectivity index (χ0n) is 16.0. The van der Waals surface area contributed by atoms with Gasteiger partial charge in [-0.3, -0.25) is 14.9 Å². The summed E-state index contributed by atoms with van der Waals surface area (Å²) in [6.45, 7) is 0.830. The second kappa shape index (κ2) is 8.68. The molecular formula is C20H20ClN5O4. The third-order valence-corrected chi connectivity index (χ3v) is 5.40. The number of hydrogen-bond donors (Lipinski definition) is 2. The van der Waals surface area contributed by atoms with Gasteiger partial charge in [-0.15, -0.1) is 0 Å². The van der Waals surface area contributed by atoms with Gasteiger partial charge in [0.05, 0.1) is 34.0 Å². The molecule has 0 bridgehead atoms. The lowest BCUT2D eigenvalue weighted by Crippen LogP contribution is -2.29. The van der Waals surface area contributed by atoms with Crippen LogP contribution >= 0.6 is 11.6 Å². The number of benzene rings is 2. The number of carbonyl (C=O) groups is 1. The third kappa shape index (κ3) is 4.07. The highest BCUT2D eigenvalue weighted by Gasteiger charge is 2.20. The fourth-order valence-corrected chi connectivity index (χ4v) is 3.73. The molecule has 1 aromatic heterocycles. The van der Waals surface area contributed by atoms with Crippen LogP contribution in [0.3, 0.4) is 0 Å². The van der Waals surface area contributed by atoms with Gasteiger partial charge < -0.3 is 15.4 Å². The summed E-state index contributed by atoms with van der Waals surface area (Å²) < 4.78 is 7.66. The van der Waals surface area contributed by atoms with E-state index in [9.17, 15) is 14.9 Å². The maximum absolute atomic E-state index is 12.3. The summed E-state index contributed by atoms with van der Waals surface area (Å²) in [7, 11) is 0. The van der Waals surface area contributed by atoms with Gasteiger partial charge in [-0.1, -0.05) is 17.7 Å². The molecule has 1 atom stereocenters. The number of carbonyl (C=O) groups excluding carboxylic acids is 1. The lowest BCUT2D eigenvalue weighted by molar-refractivity contribution is -0.384. The number of amides is 1. The second-order valence-electron chi connectivity index (χ2n) is 6.94. The molecule has 10 heteroatoms. The summed E-state index contributed by atoms with van der Waals surface area (Å²) in [4.78, 5) is 22.6. The molecule has 1 saturated heterocycles. The quantitative estimate of drug-likeness (QED) is 0.346. The molecule has 1 fully saturated rings. The Bertz CT molecular complexity index is 1090. The highest BCUT2D eigenvalue weighted by Crippen LogP contribution is 2.33. The number of nitro groups is 1. The van der Waals surface area contributed by atoms with Crippen molar-refractivity contribution in [2.75, 3.05) is 18.6 Å². The number of halogens is 1. The van der Waals surface area contributed by atoms with Crippen molar-refractivity contribution >= 4 is 39.8 Å². The average Bonchev–Trinajstić information content (AvgIpc) is 3.21. The Morgan fingerprint density at radius 3 is 2.97 bits per heavy atom. The SMILES string of the molecule is O=C(NCNc1ccc2c(cnn2C2CCCCO2)c1Cl)c1cccc([N+](=O)[O-])c1. The highest BCUT2D eigenvalue weighted by molar-refractivity contribution is 6.38. The first-order chi connectivity index (χ1) is 14.5. The minimum Gasteiger partial charge on any atom is -0.367 e. The molecule has 1 unspecified atom stereocenters. The molecule has 1 aliphatic rings. The van der Waals surface area contributed by atoms with Crippen LogP contribution in [0.2, 0.25) is 5.02 Å². The van der Waals surface area contributed by atoms with Gasteiger partial charge >= 0.3 is 0 Å². The topological polar surface area (TPSA) is 111 Å². The van der Waals surface area contributed by atoms with Gasteiger partial charge in [0, 0.05) is 29.7 Å². The Morgan fingerprint density at radius 2 is 2.20 bits per heavy atom. The molecule has 4 rings (SSSR count). The summed E-state index contributed by atoms with van der Waals surface area (Å²) in [5.74, 6) is -0.425. The van der Waals surface area contributed by atoms with Gasteiger partial charge in [-0.25, -0.2) is 4.68 Å². The van der Waals surface area contributed by atoms with E-state index in [0.29, 0.717) is 10.7 Å². The summed E-state index contributed by atoms with van der Waals surface area (Å²) in [6.07, 6.45) is 4.71. The van der Waals surface area contributed by atoms with E-state index in [1.165, 1.54) is 24.3 Å². The van der Waals surface area contributed by atoms with Gasteiger partial charge in [-0.05, 0) is 37.5 Å². The number of nitro benzene ring substituents is 1. The third-order valence-electron chi connectivity index (χ3n) is 4.99. The number of nitrogens with zero attached hydrogens (tertiary/aromatic N) is 3. The highest BCUT2D eigenvalue weighted by atomic mass is 35.5. The van der Waals surface area contributed by atoms with Crippen molar-refractivity contribution < 1.29 is 14.5 Å². The van der Waals surface area contributed by atoms with Crippen LogP contribution < -0.4 is 10.6 Å². The van der Waals surface area contributed by atoms with Crippen LogP contribution in [0.4, 0.5) is 11.4 Å². The summed E-state index contributed by atoms with van der Waals surface area (Å²) in [5, 5.41) is 22.3. The number of nitrogens with one attached hydrogen (secondary N) is 2. The standard InChI is InChI=1S/C20H20ClN5O4/c21-19-15-11-24-25(18-6-1-2-9-30-18)17(15)8-7-16(19)22-12-23-20(27)13-4-3-5-14(10-13)26(28)29/h3-5,7-8,10-11,18,22H,1-2,6,9,12H2,(H,23,27). The van der Waals surface area contributed by atoms with Crippen LogP contribution in [0.5, 0.6) is 0 Å². The molecule has 0 radical (unpaired) electrons. The molecule has 2 N–H and O–H groups in total. The van der Waals surface area contributed by atoms with Gasteiger partial charge in [0.25, 0.3) is 11.6 Å². The molecule has 30 heavy (non-hydrogen) atoms. The Kier molecular flexibility index (Phi) is 5.82. The Hall–Kier alpha value is -3.17. The molecule has 156 valence electrons. The Morgan fingerprint density at radius 1 is 1.33 bits per heavy atom. The summed E-state index contributed by atoms with van der Waals surface area (Å²) in [5.41, 5.74) is 1.61. The molecule has 3 aromatic rings. The van der Waals surface area contributed by atoms with E-state index in [1.54, 1.807) is 6.20 Å². The zero-order valence-corrected chi connectivity index (χ0v) is 16.8. The minimum atomic E-state index is -0.539. The molecule has 1 aliphatic heterocycles. The number of aromatic nitrogens is 2. The molecule has 2 aromatic carbocycles. The van der Waals surface area contributed by atoms with Crippen LogP contribution in [0.25, 0.3) is 10.9 Å². The van der Waals surface area contributed by atoms with E-state index in [4.69, 9.17) is 16.3 Å². The minimum absolute atomic E-state index is 0.0830. The van der Waals surface area contributed by atoms with E-state index in [2.05, 4.69) is 15.7 Å². The predicted octanol–water partition coefficient (Wildman–Crippen LogP) is 4.10. The number of ether oxygens (including phenoxy) is 1. The number of fused-ring (bicyclic) bond motifs is 1. The van der Waals surface area contributed by atoms with E-state index >= 15 is 0 Å². The van der Waals surface area contributed by atoms with Crippen LogP contribution in [0.15, 0.2) is 42.6 Å². The molecule has 1 amide bonds. The molecular weight excluding hydrogens is 410 g/mol. The number of rotatable bonds is 6. The smallest absolute Gasteiger partial charge is 0.270 e. The van der Waals surface area contributed by atoms with Crippen molar-refractivity contribution in [1.82, 2.24) is 15.1 Å². The van der Waals surface area contributed by atoms with Gasteiger partial charge in [0.15, 0.2) is 6.23 Å². The van der Waals surface area contributed by atoms with Crippen LogP contribution in [-0.4, -0.2) is 33.9 Å². The Balaban J connectivity index is 1.43. The van der Waals surface area contributed by atoms with Crippen LogP contribution in [0.1, 0.15) is 35.8 Å². The Labute approximate surface area is 177 Å². The lowest BCUT2D eigenvalue weighted by Gasteiger charge is -2.23. The first kappa shape index (κ1) is 20.1. The predicted molar refractivity (Wildman–Crippen MR) is 113 cm³/mol. The maximum Gasteiger partial charge on any atom is 0.270 e. The number of non-ortho nitro benzene ring substituents is 1. The monoisotopic (exact) mass is 429 g/mol. The second-order valence-corrected chi connectivity index (χ2v) is 7.32. The fraction of sp³-hybridized carbons (Fsp3) is 0.300. The maximum atomic E-state index is 12.3. The molecule has 2 heterocycles. The zero-order chi connectivity index (χ0) is 21.1. The largest absolute Gasteiger partial charge is 0.367 e. The molecule has 9 nitrogen and oxygen atoms in total. The van der Waals surface area contributed by atoms with E-state index in [0.717, 1.165) is 36.8 Å². The van der Waals surface area contributed by atoms with Crippen molar-refractivity contribution in [2.24, 2.45) is 0 Å². The molecule has 0 saturated carbocycles. The van der Waals surface area contributed by atoms with Gasteiger partial charge in [0.1, 0.15) is 0 Å². The lowest BCUT2D eigenvalue weighted by atomic mass is 10.2. The van der Waals surface area contributed by atoms with Crippen molar-refractivity contribution in [2.45, 2.75) is 25.5 Å². The van der Waals surface area contributed by atoms with Crippen LogP contribution in [0, 0.1) is 10.1 Å². The van der Waals surface area contributed by atoms with Gasteiger partial charge in [-0.2, -0.15) is 5.10 Å². The molecule has 0 spiro atoms. The first-order valence-corrected chi connectivity index (χ1v) is 9.96. The number of hydrogen-bond acceptors (Lipinski definition) is 6. The van der Waals surface area contributed by atoms with E-state index < -0.39 is 10.8 Å². The van der Waals surface area contributed by atoms with Crippen molar-refractivity contribution in [3.8, 4) is 0 Å². The fourth-order valence-electron chi connectivity index (χ4n) is 3.45. The van der Waals surface area contributed by atoms with Crippen molar-refractivity contribution in [3.63, 3.8) is 0 Å². The normalized spacial score (nSPS) is 16.4. The van der Waals surface area contributed by atoms with Crippen LogP contribution in [-0.2, 0) is 4.74 Å². The summed E-state index contributed by atoms with van der Waals surface area (Å²) in [6, 6.07) is 9.29. The van der Waals surface area contributed by atoms with Crippen molar-refractivity contribution in [3.05, 3.63) is 63.3 Å². The molecule has 0 aliphatic carbocycles. The average molecular weight is 430 g/mol. The van der Waals surface area contributed by atoms with Gasteiger partial charge in [0.2, 0.25) is 0 Å².